The molecule has 0 unspecified atom stereocenters. The van der Waals surface area contributed by atoms with E-state index in [-0.39, 0.29) is 23.8 Å². The molecular formula is C28H26ClN5O5. The largest absolute Gasteiger partial charge is 0.495 e. The predicted molar refractivity (Wildman–Crippen MR) is 144 cm³/mol. The van der Waals surface area contributed by atoms with Gasteiger partial charge < -0.3 is 19.1 Å². The van der Waals surface area contributed by atoms with Crippen LogP contribution in [0.25, 0.3) is 22.2 Å². The fourth-order valence-corrected chi connectivity index (χ4v) is 5.28. The number of rotatable bonds is 6. The van der Waals surface area contributed by atoms with Gasteiger partial charge in [-0.1, -0.05) is 23.7 Å². The number of halogens is 1. The number of aryl methyl sites for hydroxylation is 1. The van der Waals surface area contributed by atoms with Crippen molar-refractivity contribution in [1.29, 1.82) is 0 Å². The average molecular weight is 548 g/mol. The van der Waals surface area contributed by atoms with Crippen molar-refractivity contribution < 1.29 is 19.0 Å². The van der Waals surface area contributed by atoms with E-state index in [4.69, 9.17) is 30.8 Å². The van der Waals surface area contributed by atoms with E-state index in [1.54, 1.807) is 40.8 Å². The minimum Gasteiger partial charge on any atom is -0.495 e. The first-order valence-electron chi connectivity index (χ1n) is 12.7. The van der Waals surface area contributed by atoms with Crippen LogP contribution in [0.2, 0.25) is 5.02 Å². The number of hydrogen-bond acceptors (Lipinski definition) is 8. The van der Waals surface area contributed by atoms with Gasteiger partial charge in [0.25, 0.3) is 5.56 Å². The van der Waals surface area contributed by atoms with Crippen LogP contribution in [-0.4, -0.2) is 63.1 Å². The molecule has 2 aliphatic heterocycles. The Bertz CT molecular complexity index is 1620. The van der Waals surface area contributed by atoms with E-state index < -0.39 is 0 Å². The molecule has 2 aliphatic rings. The highest BCUT2D eigenvalue weighted by molar-refractivity contribution is 6.30. The first-order valence-corrected chi connectivity index (χ1v) is 13.0. The second kappa shape index (κ2) is 10.2. The van der Waals surface area contributed by atoms with Gasteiger partial charge in [-0.25, -0.2) is 9.78 Å². The Labute approximate surface area is 229 Å². The molecule has 39 heavy (non-hydrogen) atoms. The van der Waals surface area contributed by atoms with Gasteiger partial charge in [0.1, 0.15) is 35.7 Å². The third kappa shape index (κ3) is 4.87. The van der Waals surface area contributed by atoms with Crippen LogP contribution in [0.15, 0.2) is 53.5 Å². The average Bonchev–Trinajstić information content (AvgIpc) is 3.32. The molecular weight excluding hydrogens is 522 g/mol. The number of cyclic esters (lactones) is 1. The summed E-state index contributed by atoms with van der Waals surface area (Å²) in [6.07, 6.45) is 2.33. The van der Waals surface area contributed by atoms with Crippen LogP contribution < -0.4 is 15.0 Å². The van der Waals surface area contributed by atoms with E-state index in [0.717, 1.165) is 5.56 Å². The quantitative estimate of drug-likeness (QED) is 0.353. The van der Waals surface area contributed by atoms with Gasteiger partial charge >= 0.3 is 6.09 Å². The predicted octanol–water partition coefficient (Wildman–Crippen LogP) is 4.23. The molecule has 0 saturated carbocycles. The first kappa shape index (κ1) is 25.1. The van der Waals surface area contributed by atoms with Crippen molar-refractivity contribution in [3.63, 3.8) is 0 Å². The molecule has 11 heteroatoms. The van der Waals surface area contributed by atoms with Crippen LogP contribution in [0.3, 0.4) is 0 Å². The standard InChI is InChI=1S/C28H26ClN5O5/c1-16-31-24-11-22(25-10-21(37-2)13-30-32-25)26(39-20-7-8-33-19(9-20)15-38-28(33)36)12-23(24)27(35)34(16)14-17-3-5-18(29)6-4-17/h3-6,10-13,19-20H,7-9,14-15H2,1-2H3/t19-,20-/m0/s1. The van der Waals surface area contributed by atoms with Gasteiger partial charge in [0, 0.05) is 36.0 Å². The van der Waals surface area contributed by atoms with Gasteiger partial charge in [0.15, 0.2) is 0 Å². The number of aromatic nitrogens is 4. The number of carbonyl (C=O) groups excluding carboxylic acids is 1. The molecule has 10 nitrogen and oxygen atoms in total. The molecule has 2 aromatic carbocycles. The SMILES string of the molecule is COc1cnnc(-c2cc3nc(C)n(Cc4ccc(Cl)cc4)c(=O)c3cc2O[C@H]2CCN3C(=O)OC[C@@H]3C2)c1. The highest BCUT2D eigenvalue weighted by Gasteiger charge is 2.39. The molecule has 0 spiro atoms. The first-order chi connectivity index (χ1) is 18.9. The highest BCUT2D eigenvalue weighted by Crippen LogP contribution is 2.36. The number of hydrogen-bond donors (Lipinski definition) is 0. The summed E-state index contributed by atoms with van der Waals surface area (Å²) in [6, 6.07) is 12.7. The second-order valence-electron chi connectivity index (χ2n) is 9.71. The van der Waals surface area contributed by atoms with Crippen molar-refractivity contribution in [2.24, 2.45) is 0 Å². The van der Waals surface area contributed by atoms with Crippen molar-refractivity contribution in [2.75, 3.05) is 20.3 Å². The van der Waals surface area contributed by atoms with E-state index in [0.29, 0.717) is 77.0 Å². The van der Waals surface area contributed by atoms with Crippen molar-refractivity contribution in [3.05, 3.63) is 75.4 Å². The third-order valence-electron chi connectivity index (χ3n) is 7.24. The van der Waals surface area contributed by atoms with Crippen LogP contribution in [-0.2, 0) is 11.3 Å². The summed E-state index contributed by atoms with van der Waals surface area (Å²) < 4.78 is 18.7. The van der Waals surface area contributed by atoms with Crippen LogP contribution in [0.4, 0.5) is 4.79 Å². The molecule has 0 N–H and O–H groups in total. The molecule has 4 aromatic rings. The molecule has 2 fully saturated rings. The number of ether oxygens (including phenoxy) is 3. The number of carbonyl (C=O) groups is 1. The summed E-state index contributed by atoms with van der Waals surface area (Å²) in [5.74, 6) is 1.62. The van der Waals surface area contributed by atoms with Gasteiger partial charge in [-0.15, -0.1) is 0 Å². The van der Waals surface area contributed by atoms with Gasteiger partial charge in [-0.2, -0.15) is 10.2 Å². The Hall–Kier alpha value is -4.18. The lowest BCUT2D eigenvalue weighted by molar-refractivity contribution is 0.0940. The summed E-state index contributed by atoms with van der Waals surface area (Å²) in [6.45, 7) is 3.07. The molecule has 2 saturated heterocycles. The number of methoxy groups -OCH3 is 1. The van der Waals surface area contributed by atoms with Crippen molar-refractivity contribution in [3.8, 4) is 22.8 Å². The minimum absolute atomic E-state index is 0.0299. The van der Waals surface area contributed by atoms with Gasteiger partial charge in [0.2, 0.25) is 0 Å². The molecule has 4 heterocycles. The Morgan fingerprint density at radius 3 is 2.77 bits per heavy atom. The maximum atomic E-state index is 13.7. The van der Waals surface area contributed by atoms with Gasteiger partial charge in [-0.05, 0) is 36.8 Å². The normalized spacial score (nSPS) is 18.6. The Balaban J connectivity index is 1.43. The van der Waals surface area contributed by atoms with E-state index in [1.165, 1.54) is 6.20 Å². The zero-order chi connectivity index (χ0) is 27.1. The summed E-state index contributed by atoms with van der Waals surface area (Å²) in [7, 11) is 1.56. The Kier molecular flexibility index (Phi) is 6.56. The van der Waals surface area contributed by atoms with E-state index in [9.17, 15) is 9.59 Å². The van der Waals surface area contributed by atoms with E-state index in [2.05, 4.69) is 10.2 Å². The lowest BCUT2D eigenvalue weighted by Gasteiger charge is -2.33. The highest BCUT2D eigenvalue weighted by atomic mass is 35.5. The molecule has 0 aliphatic carbocycles. The molecule has 0 bridgehead atoms. The molecule has 2 aromatic heterocycles. The van der Waals surface area contributed by atoms with Gasteiger partial charge in [-0.3, -0.25) is 9.36 Å². The van der Waals surface area contributed by atoms with Crippen molar-refractivity contribution >= 4 is 28.6 Å². The summed E-state index contributed by atoms with van der Waals surface area (Å²) >= 11 is 6.04. The van der Waals surface area contributed by atoms with Crippen LogP contribution in [0.5, 0.6) is 11.5 Å². The summed E-state index contributed by atoms with van der Waals surface area (Å²) in [4.78, 5) is 32.2. The maximum Gasteiger partial charge on any atom is 0.410 e. The van der Waals surface area contributed by atoms with E-state index >= 15 is 0 Å². The molecule has 2 atom stereocenters. The number of amides is 1. The molecule has 6 rings (SSSR count). The van der Waals surface area contributed by atoms with E-state index in [1.807, 2.05) is 25.1 Å². The minimum atomic E-state index is -0.279. The zero-order valence-electron chi connectivity index (χ0n) is 21.5. The third-order valence-corrected chi connectivity index (χ3v) is 7.49. The Morgan fingerprint density at radius 2 is 1.97 bits per heavy atom. The lowest BCUT2D eigenvalue weighted by Crippen LogP contribution is -2.44. The van der Waals surface area contributed by atoms with Crippen LogP contribution in [0, 0.1) is 6.92 Å². The topological polar surface area (TPSA) is 109 Å². The number of nitrogens with zero attached hydrogens (tertiary/aromatic N) is 5. The number of benzene rings is 2. The summed E-state index contributed by atoms with van der Waals surface area (Å²) in [5, 5.41) is 9.43. The Morgan fingerprint density at radius 1 is 1.15 bits per heavy atom. The number of fused-ring (bicyclic) bond motifs is 2. The van der Waals surface area contributed by atoms with Crippen molar-refractivity contribution in [2.45, 2.75) is 38.5 Å². The monoisotopic (exact) mass is 547 g/mol. The van der Waals surface area contributed by atoms with Crippen LogP contribution in [0.1, 0.15) is 24.2 Å². The zero-order valence-corrected chi connectivity index (χ0v) is 22.2. The van der Waals surface area contributed by atoms with Crippen molar-refractivity contribution in [1.82, 2.24) is 24.6 Å². The molecule has 0 radical (unpaired) electrons. The van der Waals surface area contributed by atoms with Crippen LogP contribution >= 0.6 is 11.6 Å². The molecule has 1 amide bonds. The second-order valence-corrected chi connectivity index (χ2v) is 10.1. The maximum absolute atomic E-state index is 13.7. The summed E-state index contributed by atoms with van der Waals surface area (Å²) in [5.41, 5.74) is 2.47. The fraction of sp³-hybridized carbons (Fsp3) is 0.321. The smallest absolute Gasteiger partial charge is 0.410 e. The molecule has 200 valence electrons. The number of piperidine rings is 1. The lowest BCUT2D eigenvalue weighted by atomic mass is 10.0. The van der Waals surface area contributed by atoms with Gasteiger partial charge in [0.05, 0.1) is 36.8 Å². The fourth-order valence-electron chi connectivity index (χ4n) is 5.16.